The molecule has 0 saturated carbocycles. The van der Waals surface area contributed by atoms with Crippen LogP contribution in [0.5, 0.6) is 0 Å². The van der Waals surface area contributed by atoms with Gasteiger partial charge < -0.3 is 10.2 Å². The van der Waals surface area contributed by atoms with Gasteiger partial charge in [0.1, 0.15) is 0 Å². The Morgan fingerprint density at radius 2 is 2.29 bits per heavy atom. The first kappa shape index (κ1) is 10.1. The topological polar surface area (TPSA) is 27.6 Å². The molecule has 1 N–H and O–H groups in total. The molecule has 4 heteroatoms. The highest BCUT2D eigenvalue weighted by Crippen LogP contribution is 2.22. The van der Waals surface area contributed by atoms with Gasteiger partial charge in [-0.25, -0.2) is 0 Å². The molecule has 78 valence electrons. The summed E-state index contributed by atoms with van der Waals surface area (Å²) in [4.78, 5) is 6.52. The Balaban J connectivity index is 1.84. The van der Waals surface area contributed by atoms with Gasteiger partial charge in [0.2, 0.25) is 0 Å². The van der Waals surface area contributed by atoms with Gasteiger partial charge in [-0.3, -0.25) is 4.99 Å². The van der Waals surface area contributed by atoms with Gasteiger partial charge in [-0.2, -0.15) is 0 Å². The quantitative estimate of drug-likeness (QED) is 0.743. The monoisotopic (exact) mass is 213 g/mol. The van der Waals surface area contributed by atoms with Crippen LogP contribution in [0.3, 0.4) is 0 Å². The lowest BCUT2D eigenvalue weighted by molar-refractivity contribution is 0.220. The van der Waals surface area contributed by atoms with Gasteiger partial charge in [-0.05, 0) is 6.42 Å². The predicted molar refractivity (Wildman–Crippen MR) is 59.8 cm³/mol. The van der Waals surface area contributed by atoms with E-state index in [-0.39, 0.29) is 0 Å². The van der Waals surface area contributed by atoms with E-state index in [0.717, 1.165) is 44.2 Å². The number of hydrogen-bond donors (Lipinski definition) is 1. The van der Waals surface area contributed by atoms with Crippen molar-refractivity contribution in [1.29, 1.82) is 0 Å². The molecule has 0 amide bonds. The van der Waals surface area contributed by atoms with Crippen LogP contribution in [0.25, 0.3) is 0 Å². The van der Waals surface area contributed by atoms with E-state index < -0.39 is 0 Å². The number of hydrogen-bond acceptors (Lipinski definition) is 3. The maximum absolute atomic E-state index is 6.11. The summed E-state index contributed by atoms with van der Waals surface area (Å²) in [6.07, 6.45) is 4.72. The highest BCUT2D eigenvalue weighted by Gasteiger charge is 2.19. The lowest BCUT2D eigenvalue weighted by atomic mass is 10.0. The Morgan fingerprint density at radius 1 is 1.50 bits per heavy atom. The van der Waals surface area contributed by atoms with E-state index in [4.69, 9.17) is 11.6 Å². The Labute approximate surface area is 89.8 Å². The summed E-state index contributed by atoms with van der Waals surface area (Å²) in [6.45, 7) is 5.54. The smallest absolute Gasteiger partial charge is 0.0412 e. The average Bonchev–Trinajstić information content (AvgIpc) is 2.23. The Hall–Kier alpha value is -0.380. The lowest BCUT2D eigenvalue weighted by Crippen LogP contribution is -2.45. The SMILES string of the molecule is ClC1=CN=CCC1CN1CCNCC1. The summed E-state index contributed by atoms with van der Waals surface area (Å²) in [6, 6.07) is 0. The second kappa shape index (κ2) is 4.91. The molecule has 2 aliphatic heterocycles. The molecule has 0 radical (unpaired) electrons. The molecule has 0 bridgehead atoms. The van der Waals surface area contributed by atoms with Crippen molar-refractivity contribution in [2.24, 2.45) is 10.9 Å². The third-order valence-corrected chi connectivity index (χ3v) is 3.18. The van der Waals surface area contributed by atoms with Crippen molar-refractivity contribution in [3.05, 3.63) is 11.2 Å². The van der Waals surface area contributed by atoms with Gasteiger partial charge in [0.05, 0.1) is 0 Å². The van der Waals surface area contributed by atoms with Gasteiger partial charge in [-0.1, -0.05) is 11.6 Å². The number of nitrogens with zero attached hydrogens (tertiary/aromatic N) is 2. The largest absolute Gasteiger partial charge is 0.314 e. The molecule has 14 heavy (non-hydrogen) atoms. The summed E-state index contributed by atoms with van der Waals surface area (Å²) in [7, 11) is 0. The minimum atomic E-state index is 0.465. The van der Waals surface area contributed by atoms with Crippen molar-refractivity contribution in [1.82, 2.24) is 10.2 Å². The van der Waals surface area contributed by atoms with E-state index in [1.807, 2.05) is 6.21 Å². The number of piperazine rings is 1. The molecule has 2 rings (SSSR count). The van der Waals surface area contributed by atoms with E-state index in [1.54, 1.807) is 6.20 Å². The fourth-order valence-electron chi connectivity index (χ4n) is 1.90. The fraction of sp³-hybridized carbons (Fsp3) is 0.700. The van der Waals surface area contributed by atoms with E-state index in [9.17, 15) is 0 Å². The molecule has 3 nitrogen and oxygen atoms in total. The number of aliphatic imine (C=N–C) groups is 1. The highest BCUT2D eigenvalue weighted by atomic mass is 35.5. The maximum atomic E-state index is 6.11. The van der Waals surface area contributed by atoms with Crippen LogP contribution in [0, 0.1) is 5.92 Å². The van der Waals surface area contributed by atoms with E-state index in [1.165, 1.54) is 0 Å². The predicted octanol–water partition coefficient (Wildman–Crippen LogP) is 1.06. The molecule has 0 spiro atoms. The van der Waals surface area contributed by atoms with Crippen LogP contribution in [-0.2, 0) is 0 Å². The van der Waals surface area contributed by atoms with Gasteiger partial charge in [0.25, 0.3) is 0 Å². The summed E-state index contributed by atoms with van der Waals surface area (Å²) in [5.41, 5.74) is 0. The second-order valence-electron chi connectivity index (χ2n) is 3.83. The molecule has 1 saturated heterocycles. The van der Waals surface area contributed by atoms with E-state index in [2.05, 4.69) is 15.2 Å². The van der Waals surface area contributed by atoms with Crippen molar-refractivity contribution in [2.75, 3.05) is 32.7 Å². The van der Waals surface area contributed by atoms with Crippen LogP contribution in [0.4, 0.5) is 0 Å². The van der Waals surface area contributed by atoms with Crippen molar-refractivity contribution in [3.63, 3.8) is 0 Å². The zero-order valence-corrected chi connectivity index (χ0v) is 9.00. The Bertz CT molecular complexity index is 244. The maximum Gasteiger partial charge on any atom is 0.0412 e. The van der Waals surface area contributed by atoms with E-state index in [0.29, 0.717) is 5.92 Å². The normalized spacial score (nSPS) is 28.9. The van der Waals surface area contributed by atoms with E-state index >= 15 is 0 Å². The first-order valence-electron chi connectivity index (χ1n) is 5.16. The molecule has 0 aliphatic carbocycles. The highest BCUT2D eigenvalue weighted by molar-refractivity contribution is 6.30. The molecular formula is C10H16ClN3. The lowest BCUT2D eigenvalue weighted by Gasteiger charge is -2.30. The minimum Gasteiger partial charge on any atom is -0.314 e. The third-order valence-electron chi connectivity index (χ3n) is 2.77. The number of nitrogens with one attached hydrogen (secondary N) is 1. The summed E-state index contributed by atoms with van der Waals surface area (Å²) >= 11 is 6.11. The van der Waals surface area contributed by atoms with Crippen LogP contribution < -0.4 is 5.32 Å². The molecule has 0 aromatic rings. The first-order valence-corrected chi connectivity index (χ1v) is 5.54. The minimum absolute atomic E-state index is 0.465. The van der Waals surface area contributed by atoms with Crippen LogP contribution in [0.2, 0.25) is 0 Å². The standard InChI is InChI=1S/C10H16ClN3/c11-10-7-13-2-1-9(10)8-14-5-3-12-4-6-14/h2,7,9,12H,1,3-6,8H2. The molecule has 2 aliphatic rings. The number of rotatable bonds is 2. The van der Waals surface area contributed by atoms with Crippen molar-refractivity contribution < 1.29 is 0 Å². The Morgan fingerprint density at radius 3 is 3.00 bits per heavy atom. The molecule has 1 atom stereocenters. The van der Waals surface area contributed by atoms with Crippen molar-refractivity contribution >= 4 is 17.8 Å². The van der Waals surface area contributed by atoms with Crippen LogP contribution in [0.1, 0.15) is 6.42 Å². The van der Waals surface area contributed by atoms with Crippen LogP contribution in [0.15, 0.2) is 16.2 Å². The zero-order valence-electron chi connectivity index (χ0n) is 8.25. The summed E-state index contributed by atoms with van der Waals surface area (Å²) in [5, 5.41) is 4.26. The summed E-state index contributed by atoms with van der Waals surface area (Å²) < 4.78 is 0. The van der Waals surface area contributed by atoms with Gasteiger partial charge in [-0.15, -0.1) is 0 Å². The Kier molecular flexibility index (Phi) is 3.56. The second-order valence-corrected chi connectivity index (χ2v) is 4.27. The summed E-state index contributed by atoms with van der Waals surface area (Å²) in [5.74, 6) is 0.465. The molecule has 2 heterocycles. The molecule has 1 fully saturated rings. The van der Waals surface area contributed by atoms with Crippen molar-refractivity contribution in [3.8, 4) is 0 Å². The molecule has 0 aromatic heterocycles. The average molecular weight is 214 g/mol. The third kappa shape index (κ3) is 2.56. The van der Waals surface area contributed by atoms with Gasteiger partial charge in [0, 0.05) is 56.1 Å². The fourth-order valence-corrected chi connectivity index (χ4v) is 2.11. The van der Waals surface area contributed by atoms with Crippen molar-refractivity contribution in [2.45, 2.75) is 6.42 Å². The first-order chi connectivity index (χ1) is 6.86. The number of halogens is 1. The molecular weight excluding hydrogens is 198 g/mol. The molecule has 1 unspecified atom stereocenters. The van der Waals surface area contributed by atoms with Crippen LogP contribution >= 0.6 is 11.6 Å². The van der Waals surface area contributed by atoms with Gasteiger partial charge >= 0.3 is 0 Å². The van der Waals surface area contributed by atoms with Gasteiger partial charge in [0.15, 0.2) is 0 Å². The molecule has 0 aromatic carbocycles. The zero-order chi connectivity index (χ0) is 9.80. The van der Waals surface area contributed by atoms with Crippen LogP contribution in [-0.4, -0.2) is 43.8 Å².